The van der Waals surface area contributed by atoms with Crippen LogP contribution in [0, 0.1) is 17.8 Å². The molecular formula is C30H42N2O7S. The highest BCUT2D eigenvalue weighted by atomic mass is 32.2. The summed E-state index contributed by atoms with van der Waals surface area (Å²) in [5.74, 6) is 1.14. The van der Waals surface area contributed by atoms with Crippen molar-refractivity contribution in [2.24, 2.45) is 17.8 Å². The van der Waals surface area contributed by atoms with Crippen molar-refractivity contribution in [2.45, 2.75) is 69.2 Å². The van der Waals surface area contributed by atoms with Gasteiger partial charge in [-0.25, -0.2) is 13.2 Å². The zero-order valence-electron chi connectivity index (χ0n) is 23.7. The molecule has 0 unspecified atom stereocenters. The summed E-state index contributed by atoms with van der Waals surface area (Å²) < 4.78 is 39.9. The topological polar surface area (TPSA) is 117 Å². The van der Waals surface area contributed by atoms with E-state index in [0.29, 0.717) is 31.1 Å². The van der Waals surface area contributed by atoms with E-state index in [4.69, 9.17) is 9.47 Å². The summed E-state index contributed by atoms with van der Waals surface area (Å²) in [6.45, 7) is 6.56. The highest BCUT2D eigenvalue weighted by Crippen LogP contribution is 2.42. The van der Waals surface area contributed by atoms with E-state index in [1.54, 1.807) is 12.1 Å². The number of amides is 1. The molecule has 2 aliphatic rings. The van der Waals surface area contributed by atoms with Crippen LogP contribution in [0.15, 0.2) is 59.5 Å². The molecule has 1 saturated carbocycles. The third kappa shape index (κ3) is 6.79. The van der Waals surface area contributed by atoms with Gasteiger partial charge in [0.05, 0.1) is 30.3 Å². The van der Waals surface area contributed by atoms with E-state index < -0.39 is 28.3 Å². The van der Waals surface area contributed by atoms with E-state index in [2.05, 4.69) is 6.92 Å². The Kier molecular flexibility index (Phi) is 9.76. The van der Waals surface area contributed by atoms with E-state index in [1.165, 1.54) is 28.4 Å². The van der Waals surface area contributed by atoms with Crippen LogP contribution in [-0.2, 0) is 21.2 Å². The second-order valence-electron chi connectivity index (χ2n) is 11.5. The first-order chi connectivity index (χ1) is 19.0. The third-order valence-corrected chi connectivity index (χ3v) is 10.0. The second kappa shape index (κ2) is 12.9. The Labute approximate surface area is 237 Å². The van der Waals surface area contributed by atoms with Crippen LogP contribution in [0.5, 0.6) is 5.75 Å². The van der Waals surface area contributed by atoms with E-state index in [0.717, 1.165) is 5.56 Å². The number of nitrogens with zero attached hydrogens (tertiary/aromatic N) is 2. The van der Waals surface area contributed by atoms with Crippen molar-refractivity contribution in [3.63, 3.8) is 0 Å². The summed E-state index contributed by atoms with van der Waals surface area (Å²) in [6.07, 6.45) is -0.888. The number of benzene rings is 2. The first-order valence-corrected chi connectivity index (χ1v) is 15.4. The fourth-order valence-corrected chi connectivity index (χ4v) is 7.79. The van der Waals surface area contributed by atoms with Gasteiger partial charge in [0.15, 0.2) is 0 Å². The van der Waals surface area contributed by atoms with Gasteiger partial charge in [-0.1, -0.05) is 51.1 Å². The molecule has 0 bridgehead atoms. The molecule has 10 heteroatoms. The molecule has 1 aliphatic heterocycles. The number of carbonyl (C=O) groups is 1. The Morgan fingerprint density at radius 2 is 1.75 bits per heavy atom. The Morgan fingerprint density at radius 3 is 2.33 bits per heavy atom. The van der Waals surface area contributed by atoms with Crippen LogP contribution in [0.3, 0.4) is 0 Å². The maximum Gasteiger partial charge on any atom is 0.407 e. The average Bonchev–Trinajstić information content (AvgIpc) is 3.49. The standard InChI is InChI=1S/C30H42N2O7S/c1-20(2)17-31(40(36,37)25-12-10-24(38-4)11-13-25)18-28(33)27(14-22-8-6-5-7-9-22)32(30(34)35)23-15-26-21(3)19-39-29(26)16-23/h5-13,20-21,23,26-29,33H,14-19H2,1-4H3,(H,34,35)/t21-,23+,26+,27-,28+,29+/m0/s1. The molecule has 0 radical (unpaired) electrons. The molecule has 4 rings (SSSR count). The lowest BCUT2D eigenvalue weighted by Gasteiger charge is -2.39. The largest absolute Gasteiger partial charge is 0.497 e. The molecule has 2 aromatic rings. The van der Waals surface area contributed by atoms with Crippen molar-refractivity contribution >= 4 is 16.1 Å². The summed E-state index contributed by atoms with van der Waals surface area (Å²) in [5.41, 5.74) is 0.869. The average molecular weight is 575 g/mol. The number of fused-ring (bicyclic) bond motifs is 1. The van der Waals surface area contributed by atoms with Crippen molar-refractivity contribution in [1.29, 1.82) is 0 Å². The molecule has 9 nitrogen and oxygen atoms in total. The first kappa shape index (κ1) is 30.3. The summed E-state index contributed by atoms with van der Waals surface area (Å²) in [5, 5.41) is 22.2. The monoisotopic (exact) mass is 574 g/mol. The number of hydrogen-bond acceptors (Lipinski definition) is 6. The fraction of sp³-hybridized carbons (Fsp3) is 0.567. The number of rotatable bonds is 12. The van der Waals surface area contributed by atoms with Gasteiger partial charge in [0, 0.05) is 25.7 Å². The second-order valence-corrected chi connectivity index (χ2v) is 13.5. The van der Waals surface area contributed by atoms with Gasteiger partial charge in [-0.05, 0) is 66.8 Å². The molecule has 0 aromatic heterocycles. The Bertz CT molecular complexity index is 1220. The Hall–Kier alpha value is -2.66. The maximum absolute atomic E-state index is 13.7. The summed E-state index contributed by atoms with van der Waals surface area (Å²) >= 11 is 0. The molecule has 1 heterocycles. The molecule has 220 valence electrons. The summed E-state index contributed by atoms with van der Waals surface area (Å²) in [6, 6.07) is 14.4. The molecule has 1 amide bonds. The number of carboxylic acid groups (broad SMARTS) is 1. The van der Waals surface area contributed by atoms with Gasteiger partial charge in [-0.2, -0.15) is 4.31 Å². The minimum atomic E-state index is -3.98. The number of ether oxygens (including phenoxy) is 2. The van der Waals surface area contributed by atoms with Crippen molar-refractivity contribution < 1.29 is 32.9 Å². The van der Waals surface area contributed by atoms with Gasteiger partial charge >= 0.3 is 6.09 Å². The number of methoxy groups -OCH3 is 1. The smallest absolute Gasteiger partial charge is 0.407 e. The molecule has 40 heavy (non-hydrogen) atoms. The quantitative estimate of drug-likeness (QED) is 0.392. The lowest BCUT2D eigenvalue weighted by atomic mass is 9.93. The highest BCUT2D eigenvalue weighted by Gasteiger charge is 2.48. The Morgan fingerprint density at radius 1 is 1.07 bits per heavy atom. The highest BCUT2D eigenvalue weighted by molar-refractivity contribution is 7.89. The lowest BCUT2D eigenvalue weighted by Crippen LogP contribution is -2.55. The van der Waals surface area contributed by atoms with Crippen molar-refractivity contribution in [2.75, 3.05) is 26.8 Å². The minimum Gasteiger partial charge on any atom is -0.497 e. The van der Waals surface area contributed by atoms with Crippen LogP contribution in [-0.4, -0.2) is 85.0 Å². The molecule has 0 spiro atoms. The van der Waals surface area contributed by atoms with Gasteiger partial charge in [-0.3, -0.25) is 4.90 Å². The minimum absolute atomic E-state index is 0.00394. The van der Waals surface area contributed by atoms with Crippen LogP contribution in [0.2, 0.25) is 0 Å². The molecule has 6 atom stereocenters. The first-order valence-electron chi connectivity index (χ1n) is 14.0. The number of aliphatic hydroxyl groups excluding tert-OH is 1. The van der Waals surface area contributed by atoms with Gasteiger partial charge in [0.1, 0.15) is 5.75 Å². The fourth-order valence-electron chi connectivity index (χ4n) is 6.17. The molecule has 2 N–H and O–H groups in total. The predicted octanol–water partition coefficient (Wildman–Crippen LogP) is 4.11. The maximum atomic E-state index is 13.7. The van der Waals surface area contributed by atoms with Gasteiger partial charge in [0.2, 0.25) is 10.0 Å². The zero-order chi connectivity index (χ0) is 29.0. The SMILES string of the molecule is COc1ccc(S(=O)(=O)N(CC(C)C)C[C@@H](O)[C@H](Cc2ccccc2)N(C(=O)O)[C@@H]2C[C@@H]3[C@@H](C)CO[C@@H]3C2)cc1. The van der Waals surface area contributed by atoms with E-state index in [1.807, 2.05) is 44.2 Å². The lowest BCUT2D eigenvalue weighted by molar-refractivity contribution is 0.0130. The van der Waals surface area contributed by atoms with Crippen LogP contribution >= 0.6 is 0 Å². The Balaban J connectivity index is 1.65. The van der Waals surface area contributed by atoms with Crippen LogP contribution in [0.25, 0.3) is 0 Å². The van der Waals surface area contributed by atoms with Gasteiger partial charge in [0.25, 0.3) is 0 Å². The van der Waals surface area contributed by atoms with E-state index in [-0.39, 0.29) is 48.4 Å². The van der Waals surface area contributed by atoms with Crippen LogP contribution < -0.4 is 4.74 Å². The van der Waals surface area contributed by atoms with Gasteiger partial charge < -0.3 is 19.7 Å². The van der Waals surface area contributed by atoms with E-state index in [9.17, 15) is 23.4 Å². The summed E-state index contributed by atoms with van der Waals surface area (Å²) in [4.78, 5) is 14.3. The molecule has 1 aliphatic carbocycles. The summed E-state index contributed by atoms with van der Waals surface area (Å²) in [7, 11) is -2.47. The zero-order valence-corrected chi connectivity index (χ0v) is 24.5. The van der Waals surface area contributed by atoms with Gasteiger partial charge in [-0.15, -0.1) is 0 Å². The van der Waals surface area contributed by atoms with Crippen LogP contribution in [0.1, 0.15) is 39.2 Å². The molecule has 1 saturated heterocycles. The molecule has 2 fully saturated rings. The number of hydrogen-bond donors (Lipinski definition) is 2. The van der Waals surface area contributed by atoms with Crippen molar-refractivity contribution in [3.8, 4) is 5.75 Å². The number of aliphatic hydroxyl groups is 1. The van der Waals surface area contributed by atoms with Crippen molar-refractivity contribution in [1.82, 2.24) is 9.21 Å². The molecular weight excluding hydrogens is 532 g/mol. The van der Waals surface area contributed by atoms with Crippen LogP contribution in [0.4, 0.5) is 4.79 Å². The normalized spacial score (nSPS) is 24.2. The number of sulfonamides is 1. The molecule has 2 aromatic carbocycles. The van der Waals surface area contributed by atoms with E-state index >= 15 is 0 Å². The van der Waals surface area contributed by atoms with Crippen molar-refractivity contribution in [3.05, 3.63) is 60.2 Å². The predicted molar refractivity (Wildman–Crippen MR) is 152 cm³/mol. The third-order valence-electron chi connectivity index (χ3n) is 8.19.